The molecular weight excluding hydrogens is 174 g/mol. The maximum Gasteiger partial charge on any atom is 0.198 e. The van der Waals surface area contributed by atoms with Crippen LogP contribution in [0.15, 0.2) is 29.3 Å². The molecule has 1 aromatic rings. The summed E-state index contributed by atoms with van der Waals surface area (Å²) in [7, 11) is 2.05. The van der Waals surface area contributed by atoms with E-state index in [1.807, 2.05) is 12.1 Å². The molecule has 3 nitrogen and oxygen atoms in total. The lowest BCUT2D eigenvalue weighted by Gasteiger charge is -2.16. The summed E-state index contributed by atoms with van der Waals surface area (Å²) in [5.41, 5.74) is 2.38. The highest BCUT2D eigenvalue weighted by Crippen LogP contribution is 2.14. The summed E-state index contributed by atoms with van der Waals surface area (Å²) in [6.07, 6.45) is 0. The number of anilines is 1. The third-order valence-corrected chi connectivity index (χ3v) is 2.45. The Morgan fingerprint density at radius 2 is 2.14 bits per heavy atom. The molecule has 14 heavy (non-hydrogen) atoms. The van der Waals surface area contributed by atoms with Gasteiger partial charge < -0.3 is 10.2 Å². The SMILES string of the molecule is Cc1ccccc1NC1=NCCN1C. The van der Waals surface area contributed by atoms with E-state index in [2.05, 4.69) is 41.3 Å². The number of para-hydroxylation sites is 1. The van der Waals surface area contributed by atoms with Crippen LogP contribution >= 0.6 is 0 Å². The predicted molar refractivity (Wildman–Crippen MR) is 59.7 cm³/mol. The minimum Gasteiger partial charge on any atom is -0.344 e. The van der Waals surface area contributed by atoms with E-state index in [1.54, 1.807) is 0 Å². The Kier molecular flexibility index (Phi) is 2.39. The van der Waals surface area contributed by atoms with E-state index in [-0.39, 0.29) is 0 Å². The van der Waals surface area contributed by atoms with E-state index in [0.29, 0.717) is 0 Å². The molecule has 0 saturated carbocycles. The van der Waals surface area contributed by atoms with Gasteiger partial charge in [0.15, 0.2) is 5.96 Å². The molecule has 0 unspecified atom stereocenters. The first kappa shape index (κ1) is 9.06. The smallest absolute Gasteiger partial charge is 0.198 e. The molecule has 1 aromatic carbocycles. The van der Waals surface area contributed by atoms with Crippen LogP contribution in [0.3, 0.4) is 0 Å². The number of hydrogen-bond donors (Lipinski definition) is 1. The average Bonchev–Trinajstić information content (AvgIpc) is 2.56. The Hall–Kier alpha value is -1.51. The Bertz CT molecular complexity index is 357. The molecule has 0 atom stereocenters. The maximum atomic E-state index is 4.38. The van der Waals surface area contributed by atoms with E-state index >= 15 is 0 Å². The second-order valence-corrected chi connectivity index (χ2v) is 3.57. The normalized spacial score (nSPS) is 15.6. The number of hydrogen-bond acceptors (Lipinski definition) is 3. The molecule has 74 valence electrons. The second kappa shape index (κ2) is 3.70. The number of aryl methyl sites for hydroxylation is 1. The Morgan fingerprint density at radius 3 is 2.79 bits per heavy atom. The molecule has 3 heteroatoms. The van der Waals surface area contributed by atoms with Gasteiger partial charge in [0.25, 0.3) is 0 Å². The third kappa shape index (κ3) is 1.71. The van der Waals surface area contributed by atoms with Crippen molar-refractivity contribution in [2.45, 2.75) is 6.92 Å². The van der Waals surface area contributed by atoms with Gasteiger partial charge in [0.2, 0.25) is 0 Å². The van der Waals surface area contributed by atoms with Crippen molar-refractivity contribution < 1.29 is 0 Å². The van der Waals surface area contributed by atoms with Crippen molar-refractivity contribution >= 4 is 11.6 Å². The van der Waals surface area contributed by atoms with Crippen molar-refractivity contribution in [3.8, 4) is 0 Å². The maximum absolute atomic E-state index is 4.38. The van der Waals surface area contributed by atoms with Crippen LogP contribution < -0.4 is 5.32 Å². The molecule has 1 N–H and O–H groups in total. The molecule has 2 rings (SSSR count). The summed E-state index contributed by atoms with van der Waals surface area (Å²) in [5, 5.41) is 3.33. The van der Waals surface area contributed by atoms with E-state index < -0.39 is 0 Å². The standard InChI is InChI=1S/C11H15N3/c1-9-5-3-4-6-10(9)13-11-12-7-8-14(11)2/h3-6H,7-8H2,1-2H3,(H,12,13). The van der Waals surface area contributed by atoms with Crippen LogP contribution in [0, 0.1) is 6.92 Å². The average molecular weight is 189 g/mol. The summed E-state index contributed by atoms with van der Waals surface area (Å²) < 4.78 is 0. The summed E-state index contributed by atoms with van der Waals surface area (Å²) in [5.74, 6) is 0.972. The van der Waals surface area contributed by atoms with Crippen molar-refractivity contribution in [2.75, 3.05) is 25.5 Å². The number of rotatable bonds is 1. The van der Waals surface area contributed by atoms with Gasteiger partial charge in [-0.2, -0.15) is 0 Å². The van der Waals surface area contributed by atoms with E-state index in [4.69, 9.17) is 0 Å². The Labute approximate surface area is 84.5 Å². The number of aliphatic imine (C=N–C) groups is 1. The lowest BCUT2D eigenvalue weighted by Crippen LogP contribution is -2.29. The van der Waals surface area contributed by atoms with Crippen LogP contribution in [0.1, 0.15) is 5.56 Å². The van der Waals surface area contributed by atoms with Gasteiger partial charge in [0.05, 0.1) is 6.54 Å². The van der Waals surface area contributed by atoms with Gasteiger partial charge in [-0.3, -0.25) is 4.99 Å². The quantitative estimate of drug-likeness (QED) is 0.728. The first-order valence-electron chi connectivity index (χ1n) is 4.85. The van der Waals surface area contributed by atoms with Crippen LogP contribution in [0.2, 0.25) is 0 Å². The number of nitrogens with zero attached hydrogens (tertiary/aromatic N) is 2. The van der Waals surface area contributed by atoms with E-state index in [0.717, 1.165) is 24.7 Å². The number of benzene rings is 1. The molecule has 1 heterocycles. The van der Waals surface area contributed by atoms with Gasteiger partial charge >= 0.3 is 0 Å². The van der Waals surface area contributed by atoms with Gasteiger partial charge in [-0.1, -0.05) is 18.2 Å². The van der Waals surface area contributed by atoms with Crippen molar-refractivity contribution in [3.63, 3.8) is 0 Å². The zero-order valence-electron chi connectivity index (χ0n) is 8.62. The third-order valence-electron chi connectivity index (χ3n) is 2.45. The Morgan fingerprint density at radius 1 is 1.36 bits per heavy atom. The van der Waals surface area contributed by atoms with Crippen molar-refractivity contribution in [2.24, 2.45) is 4.99 Å². The first-order chi connectivity index (χ1) is 6.77. The second-order valence-electron chi connectivity index (χ2n) is 3.57. The van der Waals surface area contributed by atoms with Crippen LogP contribution in [0.5, 0.6) is 0 Å². The van der Waals surface area contributed by atoms with Gasteiger partial charge in [-0.05, 0) is 18.6 Å². The predicted octanol–water partition coefficient (Wildman–Crippen LogP) is 1.71. The minimum absolute atomic E-state index is 0.894. The molecule has 0 fully saturated rings. The van der Waals surface area contributed by atoms with Gasteiger partial charge in [0, 0.05) is 19.3 Å². The number of nitrogens with one attached hydrogen (secondary N) is 1. The molecule has 0 amide bonds. The number of likely N-dealkylation sites (N-methyl/N-ethyl adjacent to an activating group) is 1. The zero-order valence-corrected chi connectivity index (χ0v) is 8.62. The molecular formula is C11H15N3. The summed E-state index contributed by atoms with van der Waals surface area (Å²) >= 11 is 0. The summed E-state index contributed by atoms with van der Waals surface area (Å²) in [6, 6.07) is 8.24. The van der Waals surface area contributed by atoms with E-state index in [1.165, 1.54) is 5.56 Å². The topological polar surface area (TPSA) is 27.6 Å². The molecule has 0 saturated heterocycles. The van der Waals surface area contributed by atoms with Crippen LogP contribution in [-0.4, -0.2) is 31.0 Å². The van der Waals surface area contributed by atoms with Gasteiger partial charge in [-0.25, -0.2) is 0 Å². The fourth-order valence-corrected chi connectivity index (χ4v) is 1.50. The van der Waals surface area contributed by atoms with Crippen LogP contribution in [0.25, 0.3) is 0 Å². The van der Waals surface area contributed by atoms with Crippen molar-refractivity contribution in [3.05, 3.63) is 29.8 Å². The van der Waals surface area contributed by atoms with Crippen LogP contribution in [0.4, 0.5) is 5.69 Å². The molecule has 0 bridgehead atoms. The fourth-order valence-electron chi connectivity index (χ4n) is 1.50. The minimum atomic E-state index is 0.894. The summed E-state index contributed by atoms with van der Waals surface area (Å²) in [6.45, 7) is 4.00. The molecule has 0 radical (unpaired) electrons. The highest BCUT2D eigenvalue weighted by molar-refractivity contribution is 5.95. The van der Waals surface area contributed by atoms with Crippen molar-refractivity contribution in [1.82, 2.24) is 4.90 Å². The largest absolute Gasteiger partial charge is 0.344 e. The lowest BCUT2D eigenvalue weighted by atomic mass is 10.2. The van der Waals surface area contributed by atoms with Crippen molar-refractivity contribution in [1.29, 1.82) is 0 Å². The number of guanidine groups is 1. The van der Waals surface area contributed by atoms with Crippen LogP contribution in [-0.2, 0) is 0 Å². The summed E-state index contributed by atoms with van der Waals surface area (Å²) in [4.78, 5) is 6.52. The molecule has 0 aliphatic carbocycles. The molecule has 1 aliphatic rings. The fraction of sp³-hybridized carbons (Fsp3) is 0.364. The highest BCUT2D eigenvalue weighted by Gasteiger charge is 2.12. The highest BCUT2D eigenvalue weighted by atomic mass is 15.3. The first-order valence-corrected chi connectivity index (χ1v) is 4.85. The lowest BCUT2D eigenvalue weighted by molar-refractivity contribution is 0.555. The van der Waals surface area contributed by atoms with Gasteiger partial charge in [0.1, 0.15) is 0 Å². The molecule has 1 aliphatic heterocycles. The van der Waals surface area contributed by atoms with E-state index in [9.17, 15) is 0 Å². The van der Waals surface area contributed by atoms with Gasteiger partial charge in [-0.15, -0.1) is 0 Å². The monoisotopic (exact) mass is 189 g/mol. The Balaban J connectivity index is 2.15. The zero-order chi connectivity index (χ0) is 9.97. The molecule has 0 aromatic heterocycles. The molecule has 0 spiro atoms.